The summed E-state index contributed by atoms with van der Waals surface area (Å²) in [5.41, 5.74) is 8.26. The van der Waals surface area contributed by atoms with Gasteiger partial charge in [0.1, 0.15) is 5.75 Å². The van der Waals surface area contributed by atoms with Crippen molar-refractivity contribution in [1.29, 1.82) is 0 Å². The third-order valence-corrected chi connectivity index (χ3v) is 3.60. The average molecular weight is 250 g/mol. The smallest absolute Gasteiger partial charge is 0.125 e. The van der Waals surface area contributed by atoms with Gasteiger partial charge in [0.25, 0.3) is 0 Å². The van der Waals surface area contributed by atoms with Gasteiger partial charge < -0.3 is 20.5 Å². The number of aliphatic hydroxyl groups excluding tert-OH is 1. The van der Waals surface area contributed by atoms with Gasteiger partial charge in [-0.2, -0.15) is 0 Å². The van der Waals surface area contributed by atoms with Crippen LogP contribution >= 0.6 is 0 Å². The first kappa shape index (κ1) is 13.2. The maximum atomic E-state index is 9.23. The van der Waals surface area contributed by atoms with E-state index in [0.717, 1.165) is 36.5 Å². The van der Waals surface area contributed by atoms with Crippen LogP contribution in [0.5, 0.6) is 5.75 Å². The van der Waals surface area contributed by atoms with Crippen LogP contribution in [0.2, 0.25) is 0 Å². The molecule has 1 fully saturated rings. The van der Waals surface area contributed by atoms with Crippen molar-refractivity contribution in [2.75, 3.05) is 31.7 Å². The predicted octanol–water partition coefficient (Wildman–Crippen LogP) is 1.53. The molecule has 0 spiro atoms. The van der Waals surface area contributed by atoms with Gasteiger partial charge in [-0.3, -0.25) is 0 Å². The highest BCUT2D eigenvalue weighted by atomic mass is 16.5. The molecule has 2 rings (SSSR count). The van der Waals surface area contributed by atoms with Gasteiger partial charge in [0, 0.05) is 42.9 Å². The third kappa shape index (κ3) is 2.44. The minimum Gasteiger partial charge on any atom is -0.496 e. The minimum atomic E-state index is -0.0654. The quantitative estimate of drug-likeness (QED) is 0.851. The van der Waals surface area contributed by atoms with E-state index in [-0.39, 0.29) is 12.6 Å². The number of nitrogens with zero attached hydrogens (tertiary/aromatic N) is 1. The number of anilines is 1. The lowest BCUT2D eigenvalue weighted by Crippen LogP contribution is -2.23. The average Bonchev–Trinajstić information content (AvgIpc) is 2.86. The number of methoxy groups -OCH3 is 1. The van der Waals surface area contributed by atoms with E-state index in [9.17, 15) is 5.11 Å². The van der Waals surface area contributed by atoms with Crippen LogP contribution in [0.15, 0.2) is 18.2 Å². The summed E-state index contributed by atoms with van der Waals surface area (Å²) in [6.45, 7) is 4.09. The topological polar surface area (TPSA) is 58.7 Å². The third-order valence-electron chi connectivity index (χ3n) is 3.60. The molecule has 3 N–H and O–H groups in total. The van der Waals surface area contributed by atoms with E-state index >= 15 is 0 Å². The van der Waals surface area contributed by atoms with E-state index in [0.29, 0.717) is 5.92 Å². The number of aliphatic hydroxyl groups is 1. The molecule has 18 heavy (non-hydrogen) atoms. The van der Waals surface area contributed by atoms with E-state index in [1.165, 1.54) is 0 Å². The van der Waals surface area contributed by atoms with Gasteiger partial charge in [0.05, 0.1) is 7.11 Å². The Labute approximate surface area is 108 Å². The fourth-order valence-corrected chi connectivity index (χ4v) is 2.64. The van der Waals surface area contributed by atoms with Crippen LogP contribution in [0.1, 0.15) is 24.9 Å². The molecule has 2 atom stereocenters. The lowest BCUT2D eigenvalue weighted by molar-refractivity contribution is 0.238. The van der Waals surface area contributed by atoms with Crippen molar-refractivity contribution in [1.82, 2.24) is 0 Å². The first-order valence-electron chi connectivity index (χ1n) is 6.45. The van der Waals surface area contributed by atoms with Gasteiger partial charge in [-0.1, -0.05) is 6.07 Å². The maximum absolute atomic E-state index is 9.23. The molecule has 1 heterocycles. The molecular weight excluding hydrogens is 228 g/mol. The highest BCUT2D eigenvalue weighted by Gasteiger charge is 2.25. The van der Waals surface area contributed by atoms with E-state index < -0.39 is 0 Å². The van der Waals surface area contributed by atoms with Crippen LogP contribution in [0.4, 0.5) is 5.69 Å². The zero-order valence-corrected chi connectivity index (χ0v) is 11.1. The number of hydrogen-bond acceptors (Lipinski definition) is 4. The molecule has 100 valence electrons. The molecule has 0 bridgehead atoms. The van der Waals surface area contributed by atoms with Crippen LogP contribution in [0.3, 0.4) is 0 Å². The molecule has 1 aromatic carbocycles. The van der Waals surface area contributed by atoms with Crippen molar-refractivity contribution in [3.05, 3.63) is 23.8 Å². The van der Waals surface area contributed by atoms with Crippen molar-refractivity contribution in [3.63, 3.8) is 0 Å². The van der Waals surface area contributed by atoms with Gasteiger partial charge in [0.2, 0.25) is 0 Å². The van der Waals surface area contributed by atoms with Crippen LogP contribution in [-0.2, 0) is 0 Å². The molecule has 0 radical (unpaired) electrons. The lowest BCUT2D eigenvalue weighted by Gasteiger charge is -2.25. The summed E-state index contributed by atoms with van der Waals surface area (Å²) in [7, 11) is 1.67. The molecule has 0 amide bonds. The fourth-order valence-electron chi connectivity index (χ4n) is 2.64. The summed E-state index contributed by atoms with van der Waals surface area (Å²) >= 11 is 0. The Morgan fingerprint density at radius 3 is 2.89 bits per heavy atom. The maximum Gasteiger partial charge on any atom is 0.125 e. The Bertz CT molecular complexity index is 407. The van der Waals surface area contributed by atoms with Crippen molar-refractivity contribution < 1.29 is 9.84 Å². The molecule has 4 heteroatoms. The second kappa shape index (κ2) is 5.59. The fraction of sp³-hybridized carbons (Fsp3) is 0.571. The molecule has 0 aromatic heterocycles. The molecule has 1 aliphatic heterocycles. The molecule has 1 saturated heterocycles. The summed E-state index contributed by atoms with van der Waals surface area (Å²) in [6.07, 6.45) is 1.03. The van der Waals surface area contributed by atoms with Gasteiger partial charge in [-0.05, 0) is 25.5 Å². The standard InChI is InChI=1S/C14H22N2O2/c1-10(15)14-12(4-3-5-13(14)18-2)16-7-6-11(8-16)9-17/h3-5,10-11,17H,6-9,15H2,1-2H3. The van der Waals surface area contributed by atoms with E-state index in [1.54, 1.807) is 7.11 Å². The van der Waals surface area contributed by atoms with E-state index in [4.69, 9.17) is 10.5 Å². The minimum absolute atomic E-state index is 0.0654. The van der Waals surface area contributed by atoms with E-state index in [2.05, 4.69) is 11.0 Å². The summed E-state index contributed by atoms with van der Waals surface area (Å²) in [5.74, 6) is 1.21. The molecule has 2 unspecified atom stereocenters. The van der Waals surface area contributed by atoms with Crippen LogP contribution in [-0.4, -0.2) is 31.9 Å². The van der Waals surface area contributed by atoms with Crippen molar-refractivity contribution >= 4 is 5.69 Å². The molecule has 4 nitrogen and oxygen atoms in total. The number of rotatable bonds is 4. The van der Waals surface area contributed by atoms with Crippen LogP contribution in [0.25, 0.3) is 0 Å². The second-order valence-electron chi connectivity index (χ2n) is 4.97. The largest absolute Gasteiger partial charge is 0.496 e. The van der Waals surface area contributed by atoms with Crippen molar-refractivity contribution in [3.8, 4) is 5.75 Å². The van der Waals surface area contributed by atoms with Crippen LogP contribution in [0, 0.1) is 5.92 Å². The van der Waals surface area contributed by atoms with Gasteiger partial charge in [0.15, 0.2) is 0 Å². The molecular formula is C14H22N2O2. The Kier molecular flexibility index (Phi) is 4.09. The van der Waals surface area contributed by atoms with Gasteiger partial charge in [-0.25, -0.2) is 0 Å². The summed E-state index contributed by atoms with van der Waals surface area (Å²) in [6, 6.07) is 5.96. The molecule has 1 aromatic rings. The van der Waals surface area contributed by atoms with E-state index in [1.807, 2.05) is 19.1 Å². The number of nitrogens with two attached hydrogens (primary N) is 1. The Morgan fingerprint density at radius 1 is 1.56 bits per heavy atom. The molecule has 1 aliphatic rings. The van der Waals surface area contributed by atoms with Gasteiger partial charge >= 0.3 is 0 Å². The number of hydrogen-bond donors (Lipinski definition) is 2. The Hall–Kier alpha value is -1.26. The highest BCUT2D eigenvalue weighted by Crippen LogP contribution is 2.35. The Morgan fingerprint density at radius 2 is 2.33 bits per heavy atom. The summed E-state index contributed by atoms with van der Waals surface area (Å²) in [4.78, 5) is 2.29. The summed E-state index contributed by atoms with van der Waals surface area (Å²) < 4.78 is 5.40. The summed E-state index contributed by atoms with van der Waals surface area (Å²) in [5, 5.41) is 9.23. The van der Waals surface area contributed by atoms with Gasteiger partial charge in [-0.15, -0.1) is 0 Å². The SMILES string of the molecule is COc1cccc(N2CCC(CO)C2)c1C(C)N. The normalized spacial score (nSPS) is 21.1. The zero-order valence-electron chi connectivity index (χ0n) is 11.1. The number of benzene rings is 1. The molecule has 0 aliphatic carbocycles. The first-order valence-corrected chi connectivity index (χ1v) is 6.45. The highest BCUT2D eigenvalue weighted by molar-refractivity contribution is 5.61. The lowest BCUT2D eigenvalue weighted by atomic mass is 10.0. The van der Waals surface area contributed by atoms with Crippen molar-refractivity contribution in [2.45, 2.75) is 19.4 Å². The predicted molar refractivity (Wildman–Crippen MR) is 73.0 cm³/mol. The number of ether oxygens (including phenoxy) is 1. The van der Waals surface area contributed by atoms with Crippen LogP contribution < -0.4 is 15.4 Å². The molecule has 0 saturated carbocycles. The second-order valence-corrected chi connectivity index (χ2v) is 4.97. The Balaban J connectivity index is 2.32. The van der Waals surface area contributed by atoms with Crippen molar-refractivity contribution in [2.24, 2.45) is 11.7 Å². The first-order chi connectivity index (χ1) is 8.67. The zero-order chi connectivity index (χ0) is 13.1. The monoisotopic (exact) mass is 250 g/mol.